The third kappa shape index (κ3) is 3.88. The minimum Gasteiger partial charge on any atom is -0.348 e. The van der Waals surface area contributed by atoms with Crippen LogP contribution < -0.4 is 10.6 Å². The van der Waals surface area contributed by atoms with Gasteiger partial charge in [-0.05, 0) is 30.9 Å². The first kappa shape index (κ1) is 15.9. The molecule has 0 aliphatic heterocycles. The third-order valence-corrected chi connectivity index (χ3v) is 5.30. The maximum absolute atomic E-state index is 12.5. The first-order chi connectivity index (χ1) is 11.1. The van der Waals surface area contributed by atoms with E-state index >= 15 is 0 Å². The second-order valence-electron chi connectivity index (χ2n) is 6.02. The standard InChI is InChI=1S/C17H21N3O2S/c1-11(21)19-16(12-6-2-3-7-12)17(22)18-10-15-20-13-8-4-5-9-14(13)23-15/h4-5,8-9,12,16H,2-3,6-7,10H2,1H3,(H,18,22)(H,19,21). The van der Waals surface area contributed by atoms with Crippen LogP contribution in [0, 0.1) is 5.92 Å². The number of rotatable bonds is 5. The maximum atomic E-state index is 12.5. The van der Waals surface area contributed by atoms with Gasteiger partial charge in [-0.3, -0.25) is 9.59 Å². The van der Waals surface area contributed by atoms with Gasteiger partial charge >= 0.3 is 0 Å². The molecule has 0 radical (unpaired) electrons. The van der Waals surface area contributed by atoms with Crippen molar-refractivity contribution in [2.45, 2.75) is 45.2 Å². The van der Waals surface area contributed by atoms with Crippen molar-refractivity contribution in [3.63, 3.8) is 0 Å². The van der Waals surface area contributed by atoms with Crippen LogP contribution in [0.4, 0.5) is 0 Å². The predicted octanol–water partition coefficient (Wildman–Crippen LogP) is 2.61. The molecule has 0 saturated heterocycles. The summed E-state index contributed by atoms with van der Waals surface area (Å²) in [4.78, 5) is 28.4. The van der Waals surface area contributed by atoms with Crippen molar-refractivity contribution in [3.05, 3.63) is 29.3 Å². The van der Waals surface area contributed by atoms with E-state index in [1.807, 2.05) is 24.3 Å². The molecule has 1 aliphatic rings. The van der Waals surface area contributed by atoms with Crippen LogP contribution >= 0.6 is 11.3 Å². The summed E-state index contributed by atoms with van der Waals surface area (Å²) in [7, 11) is 0. The minimum absolute atomic E-state index is 0.105. The molecule has 1 aromatic heterocycles. The molecule has 1 heterocycles. The number of benzene rings is 1. The number of hydrogen-bond donors (Lipinski definition) is 2. The van der Waals surface area contributed by atoms with Gasteiger partial charge in [0.1, 0.15) is 11.0 Å². The highest BCUT2D eigenvalue weighted by Gasteiger charge is 2.31. The van der Waals surface area contributed by atoms with E-state index in [-0.39, 0.29) is 17.7 Å². The molecule has 2 amide bonds. The number of nitrogens with zero attached hydrogens (tertiary/aromatic N) is 1. The molecule has 3 rings (SSSR count). The van der Waals surface area contributed by atoms with Crippen molar-refractivity contribution in [1.82, 2.24) is 15.6 Å². The second kappa shape index (κ2) is 7.08. The Labute approximate surface area is 139 Å². The van der Waals surface area contributed by atoms with Gasteiger partial charge in [0, 0.05) is 6.92 Å². The van der Waals surface area contributed by atoms with E-state index < -0.39 is 6.04 Å². The van der Waals surface area contributed by atoms with E-state index in [4.69, 9.17) is 0 Å². The molecule has 23 heavy (non-hydrogen) atoms. The Hall–Kier alpha value is -1.95. The van der Waals surface area contributed by atoms with Crippen LogP contribution in [-0.2, 0) is 16.1 Å². The third-order valence-electron chi connectivity index (χ3n) is 4.26. The number of hydrogen-bond acceptors (Lipinski definition) is 4. The maximum Gasteiger partial charge on any atom is 0.243 e. The molecule has 1 atom stereocenters. The van der Waals surface area contributed by atoms with Crippen molar-refractivity contribution >= 4 is 33.4 Å². The number of para-hydroxylation sites is 1. The van der Waals surface area contributed by atoms with Crippen molar-refractivity contribution < 1.29 is 9.59 Å². The lowest BCUT2D eigenvalue weighted by atomic mass is 9.97. The van der Waals surface area contributed by atoms with Crippen LogP contribution in [0.1, 0.15) is 37.6 Å². The Bertz CT molecular complexity index is 674. The van der Waals surface area contributed by atoms with Gasteiger partial charge in [0.15, 0.2) is 0 Å². The summed E-state index contributed by atoms with van der Waals surface area (Å²) < 4.78 is 1.12. The van der Waals surface area contributed by atoms with E-state index in [1.54, 1.807) is 11.3 Å². The van der Waals surface area contributed by atoms with Crippen LogP contribution in [0.2, 0.25) is 0 Å². The zero-order chi connectivity index (χ0) is 16.2. The monoisotopic (exact) mass is 331 g/mol. The molecule has 1 aromatic carbocycles. The van der Waals surface area contributed by atoms with Crippen LogP contribution in [-0.4, -0.2) is 22.8 Å². The number of aromatic nitrogens is 1. The van der Waals surface area contributed by atoms with Gasteiger partial charge in [-0.1, -0.05) is 25.0 Å². The highest BCUT2D eigenvalue weighted by Crippen LogP contribution is 2.28. The van der Waals surface area contributed by atoms with Crippen molar-refractivity contribution in [2.75, 3.05) is 0 Å². The van der Waals surface area contributed by atoms with E-state index in [0.29, 0.717) is 6.54 Å². The van der Waals surface area contributed by atoms with Gasteiger partial charge in [0.2, 0.25) is 11.8 Å². The normalized spacial score (nSPS) is 16.4. The Morgan fingerprint density at radius 2 is 2.04 bits per heavy atom. The zero-order valence-electron chi connectivity index (χ0n) is 13.2. The van der Waals surface area contributed by atoms with Crippen molar-refractivity contribution in [1.29, 1.82) is 0 Å². The summed E-state index contributed by atoms with van der Waals surface area (Å²) in [5.41, 5.74) is 0.955. The number of fused-ring (bicyclic) bond motifs is 1. The highest BCUT2D eigenvalue weighted by atomic mass is 32.1. The average molecular weight is 331 g/mol. The van der Waals surface area contributed by atoms with E-state index in [1.165, 1.54) is 6.92 Å². The van der Waals surface area contributed by atoms with Crippen LogP contribution in [0.5, 0.6) is 0 Å². The molecule has 1 saturated carbocycles. The van der Waals surface area contributed by atoms with Crippen molar-refractivity contribution in [2.24, 2.45) is 5.92 Å². The summed E-state index contributed by atoms with van der Waals surface area (Å²) >= 11 is 1.58. The summed E-state index contributed by atoms with van der Waals surface area (Å²) in [5.74, 6) is -0.0161. The fourth-order valence-corrected chi connectivity index (χ4v) is 4.08. The Morgan fingerprint density at radius 1 is 1.30 bits per heavy atom. The highest BCUT2D eigenvalue weighted by molar-refractivity contribution is 7.18. The van der Waals surface area contributed by atoms with Crippen molar-refractivity contribution in [3.8, 4) is 0 Å². The van der Waals surface area contributed by atoms with E-state index in [0.717, 1.165) is 40.9 Å². The Morgan fingerprint density at radius 3 is 2.74 bits per heavy atom. The first-order valence-corrected chi connectivity index (χ1v) is 8.84. The first-order valence-electron chi connectivity index (χ1n) is 8.03. The van der Waals surface area contributed by atoms with Gasteiger partial charge in [0.05, 0.1) is 16.8 Å². The molecule has 2 N–H and O–H groups in total. The lowest BCUT2D eigenvalue weighted by Crippen LogP contribution is -2.49. The molecule has 1 aliphatic carbocycles. The van der Waals surface area contributed by atoms with E-state index in [9.17, 15) is 9.59 Å². The molecule has 1 unspecified atom stereocenters. The molecular weight excluding hydrogens is 310 g/mol. The van der Waals surface area contributed by atoms with Crippen LogP contribution in [0.3, 0.4) is 0 Å². The molecular formula is C17H21N3O2S. The molecule has 122 valence electrons. The molecule has 6 heteroatoms. The fraction of sp³-hybridized carbons (Fsp3) is 0.471. The number of carbonyl (C=O) groups is 2. The SMILES string of the molecule is CC(=O)NC(C(=O)NCc1nc2ccccc2s1)C1CCCC1. The summed E-state index contributed by atoms with van der Waals surface area (Å²) in [5, 5.41) is 6.63. The fourth-order valence-electron chi connectivity index (χ4n) is 3.18. The lowest BCUT2D eigenvalue weighted by Gasteiger charge is -2.23. The molecule has 1 fully saturated rings. The Kier molecular flexibility index (Phi) is 4.91. The number of carbonyl (C=O) groups excluding carboxylic acids is 2. The minimum atomic E-state index is -0.427. The molecule has 5 nitrogen and oxygen atoms in total. The predicted molar refractivity (Wildman–Crippen MR) is 91.0 cm³/mol. The molecule has 2 aromatic rings. The van der Waals surface area contributed by atoms with Crippen LogP contribution in [0.25, 0.3) is 10.2 Å². The smallest absolute Gasteiger partial charge is 0.243 e. The Balaban J connectivity index is 1.64. The average Bonchev–Trinajstić information content (AvgIpc) is 3.18. The van der Waals surface area contributed by atoms with Gasteiger partial charge in [-0.2, -0.15) is 0 Å². The topological polar surface area (TPSA) is 71.1 Å². The quantitative estimate of drug-likeness (QED) is 0.885. The van der Waals surface area contributed by atoms with Crippen LogP contribution in [0.15, 0.2) is 24.3 Å². The number of nitrogens with one attached hydrogen (secondary N) is 2. The van der Waals surface area contributed by atoms with Gasteiger partial charge in [0.25, 0.3) is 0 Å². The van der Waals surface area contributed by atoms with Gasteiger partial charge in [-0.25, -0.2) is 4.98 Å². The molecule has 0 spiro atoms. The van der Waals surface area contributed by atoms with Gasteiger partial charge < -0.3 is 10.6 Å². The summed E-state index contributed by atoms with van der Waals surface area (Å²) in [6.45, 7) is 1.86. The van der Waals surface area contributed by atoms with E-state index in [2.05, 4.69) is 15.6 Å². The largest absolute Gasteiger partial charge is 0.348 e. The summed E-state index contributed by atoms with van der Waals surface area (Å²) in [6.07, 6.45) is 4.26. The molecule has 0 bridgehead atoms. The van der Waals surface area contributed by atoms with Gasteiger partial charge in [-0.15, -0.1) is 11.3 Å². The number of amides is 2. The summed E-state index contributed by atoms with van der Waals surface area (Å²) in [6, 6.07) is 7.50. The number of thiazole rings is 1. The zero-order valence-corrected chi connectivity index (χ0v) is 14.0. The lowest BCUT2D eigenvalue weighted by molar-refractivity contribution is -0.129. The second-order valence-corrected chi connectivity index (χ2v) is 7.13.